The first-order valence-electron chi connectivity index (χ1n) is 8.97. The minimum absolute atomic E-state index is 0.244. The number of hydrogen-bond donors (Lipinski definition) is 2. The number of para-hydroxylation sites is 1. The molecule has 2 aromatic heterocycles. The van der Waals surface area contributed by atoms with E-state index in [1.807, 2.05) is 42.5 Å². The van der Waals surface area contributed by atoms with Crippen LogP contribution in [0.1, 0.15) is 21.6 Å². The summed E-state index contributed by atoms with van der Waals surface area (Å²) in [5, 5.41) is 15.2. The molecular formula is C22H19N5O. The summed E-state index contributed by atoms with van der Waals surface area (Å²) >= 11 is 0. The summed E-state index contributed by atoms with van der Waals surface area (Å²) in [6.07, 6.45) is 1.70. The van der Waals surface area contributed by atoms with Crippen LogP contribution in [0.25, 0.3) is 10.9 Å². The van der Waals surface area contributed by atoms with Gasteiger partial charge in [-0.1, -0.05) is 48.0 Å². The van der Waals surface area contributed by atoms with Gasteiger partial charge in [0.25, 0.3) is 5.91 Å². The maximum atomic E-state index is 12.5. The van der Waals surface area contributed by atoms with E-state index in [2.05, 4.69) is 44.9 Å². The lowest BCUT2D eigenvalue weighted by Crippen LogP contribution is -2.15. The molecule has 0 bridgehead atoms. The van der Waals surface area contributed by atoms with Crippen molar-refractivity contribution in [2.45, 2.75) is 13.5 Å². The second-order valence-electron chi connectivity index (χ2n) is 6.48. The molecule has 4 rings (SSSR count). The SMILES string of the molecule is Cc1cccc(CNc2ccc(C(=O)Nc3cccc4cccnc34)nn2)c1. The van der Waals surface area contributed by atoms with Crippen LogP contribution in [0.4, 0.5) is 11.5 Å². The van der Waals surface area contributed by atoms with E-state index < -0.39 is 0 Å². The number of benzene rings is 2. The summed E-state index contributed by atoms with van der Waals surface area (Å²) in [4.78, 5) is 16.9. The Labute approximate surface area is 162 Å². The summed E-state index contributed by atoms with van der Waals surface area (Å²) < 4.78 is 0. The van der Waals surface area contributed by atoms with Crippen molar-refractivity contribution in [3.8, 4) is 0 Å². The number of amides is 1. The van der Waals surface area contributed by atoms with Crippen molar-refractivity contribution < 1.29 is 4.79 Å². The average molecular weight is 369 g/mol. The Balaban J connectivity index is 1.44. The fraction of sp³-hybridized carbons (Fsp3) is 0.0909. The molecule has 0 spiro atoms. The number of aromatic nitrogens is 3. The number of anilines is 2. The molecule has 2 N–H and O–H groups in total. The third kappa shape index (κ3) is 3.96. The maximum Gasteiger partial charge on any atom is 0.276 e. The normalized spacial score (nSPS) is 10.6. The van der Waals surface area contributed by atoms with Gasteiger partial charge in [-0.15, -0.1) is 10.2 Å². The van der Waals surface area contributed by atoms with Crippen molar-refractivity contribution >= 4 is 28.3 Å². The minimum Gasteiger partial charge on any atom is -0.365 e. The van der Waals surface area contributed by atoms with Gasteiger partial charge in [0.05, 0.1) is 11.2 Å². The van der Waals surface area contributed by atoms with Crippen molar-refractivity contribution in [2.24, 2.45) is 0 Å². The third-order valence-electron chi connectivity index (χ3n) is 4.33. The number of fused-ring (bicyclic) bond motifs is 1. The predicted molar refractivity (Wildman–Crippen MR) is 110 cm³/mol. The van der Waals surface area contributed by atoms with Crippen molar-refractivity contribution in [3.05, 3.63) is 89.7 Å². The third-order valence-corrected chi connectivity index (χ3v) is 4.33. The molecule has 28 heavy (non-hydrogen) atoms. The van der Waals surface area contributed by atoms with Crippen molar-refractivity contribution in [1.29, 1.82) is 0 Å². The molecular weight excluding hydrogens is 350 g/mol. The molecule has 2 aromatic carbocycles. The molecule has 6 heteroatoms. The number of nitrogens with zero attached hydrogens (tertiary/aromatic N) is 3. The van der Waals surface area contributed by atoms with Gasteiger partial charge in [-0.3, -0.25) is 9.78 Å². The van der Waals surface area contributed by atoms with E-state index in [-0.39, 0.29) is 11.6 Å². The van der Waals surface area contributed by atoms with Gasteiger partial charge in [0, 0.05) is 18.1 Å². The molecule has 4 aromatic rings. The van der Waals surface area contributed by atoms with Gasteiger partial charge in [0.15, 0.2) is 5.69 Å². The highest BCUT2D eigenvalue weighted by atomic mass is 16.1. The van der Waals surface area contributed by atoms with E-state index in [1.165, 1.54) is 5.56 Å². The second kappa shape index (κ2) is 7.84. The number of aryl methyl sites for hydroxylation is 1. The Morgan fingerprint density at radius 3 is 2.64 bits per heavy atom. The van der Waals surface area contributed by atoms with Crippen LogP contribution in [-0.2, 0) is 6.54 Å². The van der Waals surface area contributed by atoms with Gasteiger partial charge in [-0.2, -0.15) is 0 Å². The summed E-state index contributed by atoms with van der Waals surface area (Å²) in [7, 11) is 0. The van der Waals surface area contributed by atoms with Crippen LogP contribution in [0.5, 0.6) is 0 Å². The summed E-state index contributed by atoms with van der Waals surface area (Å²) in [6.45, 7) is 2.70. The summed E-state index contributed by atoms with van der Waals surface area (Å²) in [5.41, 5.74) is 4.00. The number of rotatable bonds is 5. The molecule has 0 atom stereocenters. The molecule has 6 nitrogen and oxygen atoms in total. The number of nitrogens with one attached hydrogen (secondary N) is 2. The van der Waals surface area contributed by atoms with Gasteiger partial charge in [0.2, 0.25) is 0 Å². The Kier molecular flexibility index (Phi) is 4.93. The highest BCUT2D eigenvalue weighted by Crippen LogP contribution is 2.21. The molecule has 0 unspecified atom stereocenters. The largest absolute Gasteiger partial charge is 0.365 e. The van der Waals surface area contributed by atoms with E-state index in [0.717, 1.165) is 16.5 Å². The first-order valence-corrected chi connectivity index (χ1v) is 8.97. The number of pyridine rings is 1. The van der Waals surface area contributed by atoms with Crippen LogP contribution in [0, 0.1) is 6.92 Å². The van der Waals surface area contributed by atoms with Crippen LogP contribution >= 0.6 is 0 Å². The van der Waals surface area contributed by atoms with E-state index in [1.54, 1.807) is 18.3 Å². The lowest BCUT2D eigenvalue weighted by molar-refractivity contribution is 0.102. The van der Waals surface area contributed by atoms with Crippen molar-refractivity contribution in [1.82, 2.24) is 15.2 Å². The number of carbonyl (C=O) groups is 1. The quantitative estimate of drug-likeness (QED) is 0.551. The second-order valence-corrected chi connectivity index (χ2v) is 6.48. The van der Waals surface area contributed by atoms with Crippen LogP contribution in [-0.4, -0.2) is 21.1 Å². The molecule has 0 aliphatic carbocycles. The lowest BCUT2D eigenvalue weighted by Gasteiger charge is -2.08. The zero-order valence-electron chi connectivity index (χ0n) is 15.4. The molecule has 1 amide bonds. The topological polar surface area (TPSA) is 79.8 Å². The lowest BCUT2D eigenvalue weighted by atomic mass is 10.1. The maximum absolute atomic E-state index is 12.5. The molecule has 0 fully saturated rings. The zero-order chi connectivity index (χ0) is 19.3. The predicted octanol–water partition coefficient (Wildman–Crippen LogP) is 4.20. The van der Waals surface area contributed by atoms with Crippen LogP contribution in [0.2, 0.25) is 0 Å². The Bertz CT molecular complexity index is 1120. The van der Waals surface area contributed by atoms with Crippen LogP contribution < -0.4 is 10.6 Å². The van der Waals surface area contributed by atoms with Gasteiger partial charge < -0.3 is 10.6 Å². The molecule has 0 aliphatic heterocycles. The van der Waals surface area contributed by atoms with E-state index in [9.17, 15) is 4.79 Å². The van der Waals surface area contributed by atoms with Gasteiger partial charge in [-0.25, -0.2) is 0 Å². The fourth-order valence-corrected chi connectivity index (χ4v) is 2.95. The monoisotopic (exact) mass is 369 g/mol. The molecule has 2 heterocycles. The van der Waals surface area contributed by atoms with Gasteiger partial charge in [0.1, 0.15) is 5.82 Å². The van der Waals surface area contributed by atoms with E-state index in [4.69, 9.17) is 0 Å². The molecule has 0 aliphatic rings. The molecule has 138 valence electrons. The van der Waals surface area contributed by atoms with Crippen LogP contribution in [0.15, 0.2) is 72.9 Å². The fourth-order valence-electron chi connectivity index (χ4n) is 2.95. The van der Waals surface area contributed by atoms with Gasteiger partial charge in [-0.05, 0) is 36.8 Å². The molecule has 0 saturated carbocycles. The van der Waals surface area contributed by atoms with Gasteiger partial charge >= 0.3 is 0 Å². The highest BCUT2D eigenvalue weighted by Gasteiger charge is 2.11. The number of hydrogen-bond acceptors (Lipinski definition) is 5. The Morgan fingerprint density at radius 2 is 1.82 bits per heavy atom. The van der Waals surface area contributed by atoms with E-state index in [0.29, 0.717) is 18.1 Å². The Hall–Kier alpha value is -3.80. The zero-order valence-corrected chi connectivity index (χ0v) is 15.4. The first kappa shape index (κ1) is 17.6. The first-order chi connectivity index (χ1) is 13.7. The van der Waals surface area contributed by atoms with Crippen molar-refractivity contribution in [2.75, 3.05) is 10.6 Å². The summed E-state index contributed by atoms with van der Waals surface area (Å²) in [6, 6.07) is 21.1. The molecule has 0 saturated heterocycles. The summed E-state index contributed by atoms with van der Waals surface area (Å²) in [5.74, 6) is 0.292. The average Bonchev–Trinajstić information content (AvgIpc) is 2.73. The molecule has 0 radical (unpaired) electrons. The standard InChI is InChI=1S/C22H19N5O/c1-15-5-2-6-16(13-15)14-24-20-11-10-19(26-27-20)22(28)25-18-9-3-7-17-8-4-12-23-21(17)18/h2-13H,14H2,1H3,(H,24,27)(H,25,28). The Morgan fingerprint density at radius 1 is 0.964 bits per heavy atom. The van der Waals surface area contributed by atoms with Crippen molar-refractivity contribution in [3.63, 3.8) is 0 Å². The number of carbonyl (C=O) groups excluding carboxylic acids is 1. The van der Waals surface area contributed by atoms with E-state index >= 15 is 0 Å². The van der Waals surface area contributed by atoms with Crippen LogP contribution in [0.3, 0.4) is 0 Å². The smallest absolute Gasteiger partial charge is 0.276 e. The minimum atomic E-state index is -0.323. The highest BCUT2D eigenvalue weighted by molar-refractivity contribution is 6.07.